The van der Waals surface area contributed by atoms with Crippen LogP contribution in [0.1, 0.15) is 27.7 Å². The second kappa shape index (κ2) is 25.6. The average Bonchev–Trinajstić information content (AvgIpc) is 2.22. The number of carboxylic acids is 4. The topological polar surface area (TPSA) is 278 Å². The highest BCUT2D eigenvalue weighted by atomic mass is 16.4. The Hall–Kier alpha value is -2.36. The third kappa shape index (κ3) is 979. The summed E-state index contributed by atoms with van der Waals surface area (Å²) in [5.41, 5.74) is 0. The molecule has 0 fully saturated rings. The van der Waals surface area contributed by atoms with E-state index in [0.717, 1.165) is 40.8 Å². The molecule has 0 aromatic carbocycles. The van der Waals surface area contributed by atoms with Gasteiger partial charge in [-0.05, 0) is 37.9 Å². The van der Waals surface area contributed by atoms with Gasteiger partial charge in [-0.15, -0.1) is 0 Å². The molecule has 0 aliphatic carbocycles. The van der Waals surface area contributed by atoms with Crippen LogP contribution in [0.25, 0.3) is 0 Å². The first kappa shape index (κ1) is 33.3. The molecule has 0 aliphatic rings. The Bertz CT molecular complexity index is 265. The van der Waals surface area contributed by atoms with Gasteiger partial charge >= 0.3 is 0 Å². The van der Waals surface area contributed by atoms with Crippen molar-refractivity contribution in [2.24, 2.45) is 0 Å². The van der Waals surface area contributed by atoms with Crippen molar-refractivity contribution in [2.45, 2.75) is 27.7 Å². The van der Waals surface area contributed by atoms with Crippen molar-refractivity contribution in [1.82, 2.24) is 10.2 Å². The second-order valence-electron chi connectivity index (χ2n) is 3.76. The van der Waals surface area contributed by atoms with Gasteiger partial charge in [0.2, 0.25) is 0 Å². The van der Waals surface area contributed by atoms with Crippen LogP contribution in [-0.4, -0.2) is 47.2 Å². The third-order valence-electron chi connectivity index (χ3n) is 0.732. The predicted molar refractivity (Wildman–Crippen MR) is 67.7 cm³/mol. The maximum Gasteiger partial charge on any atom is 0.124 e. The van der Waals surface area contributed by atoms with Gasteiger partial charge < -0.3 is 39.6 Å². The number of carbonyl (C=O) groups excluding carboxylic acids is 4. The summed E-state index contributed by atoms with van der Waals surface area (Å²) >= 11 is 0. The van der Waals surface area contributed by atoms with Crippen LogP contribution < -0.4 is 43.8 Å². The summed E-state index contributed by atoms with van der Waals surface area (Å²) < 4.78 is 0. The lowest BCUT2D eigenvalue weighted by atomic mass is 10.6. The molecule has 0 saturated carbocycles. The van der Waals surface area contributed by atoms with Gasteiger partial charge in [0.15, 0.2) is 0 Å². The van der Waals surface area contributed by atoms with Gasteiger partial charge in [-0.1, -0.05) is 0 Å². The number of carbonyl (C=O) groups is 4. The molecule has 0 unspecified atom stereocenters. The largest absolute Gasteiger partial charge is 0.550 e. The molecule has 0 aromatic rings. The fourth-order valence-electron chi connectivity index (χ4n) is 0.283. The van der Waals surface area contributed by atoms with E-state index in [9.17, 15) is 0 Å². The maximum absolute atomic E-state index is 8.89. The van der Waals surface area contributed by atoms with Crippen molar-refractivity contribution >= 4 is 23.9 Å². The summed E-state index contributed by atoms with van der Waals surface area (Å²) in [7, 11) is 0. The highest BCUT2D eigenvalue weighted by Crippen LogP contribution is 1.56. The predicted octanol–water partition coefficient (Wildman–Crippen LogP) is -10.8. The highest BCUT2D eigenvalue weighted by molar-refractivity contribution is 5.61. The SMILES string of the molecule is CC(=O)[O-].CC(=O)[O-].CC(=O)[O-].CC(=O)[O-].[NH3+]N([NH3+])CCN([NH3+])[NH3+]. The number of rotatable bonds is 3. The van der Waals surface area contributed by atoms with Gasteiger partial charge in [0.05, 0.1) is 0 Å². The van der Waals surface area contributed by atoms with Crippen LogP contribution in [-0.2, 0) is 19.2 Å². The maximum atomic E-state index is 8.89. The van der Waals surface area contributed by atoms with Crippen molar-refractivity contribution in [3.8, 4) is 0 Å². The molecule has 0 aromatic heterocycles. The zero-order chi connectivity index (χ0) is 20.9. The summed E-state index contributed by atoms with van der Waals surface area (Å²) in [6, 6.07) is 0. The van der Waals surface area contributed by atoms with Crippen LogP contribution in [0.3, 0.4) is 0 Å². The summed E-state index contributed by atoms with van der Waals surface area (Å²) in [5.74, 6) is 9.87. The second-order valence-corrected chi connectivity index (χ2v) is 3.76. The van der Waals surface area contributed by atoms with E-state index in [1.54, 1.807) is 10.2 Å². The van der Waals surface area contributed by atoms with Crippen LogP contribution in [0.4, 0.5) is 0 Å². The Labute approximate surface area is 139 Å². The van der Waals surface area contributed by atoms with Crippen molar-refractivity contribution in [2.75, 3.05) is 13.1 Å². The zero-order valence-corrected chi connectivity index (χ0v) is 14.4. The van der Waals surface area contributed by atoms with Crippen LogP contribution in [0, 0.1) is 0 Å². The zero-order valence-electron chi connectivity index (χ0n) is 14.4. The Balaban J connectivity index is -0.0000000657. The summed E-state index contributed by atoms with van der Waals surface area (Å²) in [6.07, 6.45) is 0. The number of hydrogen-bond acceptors (Lipinski definition) is 10. The van der Waals surface area contributed by atoms with Crippen LogP contribution >= 0.6 is 0 Å². The van der Waals surface area contributed by atoms with Crippen LogP contribution in [0.15, 0.2) is 0 Å². The molecule has 0 amide bonds. The average molecular weight is 360 g/mol. The first-order valence-electron chi connectivity index (χ1n) is 6.03. The van der Waals surface area contributed by atoms with E-state index in [1.807, 2.05) is 0 Å². The van der Waals surface area contributed by atoms with Crippen LogP contribution in [0.5, 0.6) is 0 Å². The van der Waals surface area contributed by atoms with Crippen molar-refractivity contribution in [3.05, 3.63) is 0 Å². The Kier molecular flexibility index (Phi) is 35.5. The number of quaternary nitrogens is 4. The van der Waals surface area contributed by atoms with Crippen molar-refractivity contribution < 1.29 is 63.0 Å². The first-order valence-corrected chi connectivity index (χ1v) is 6.03. The van der Waals surface area contributed by atoms with Crippen molar-refractivity contribution in [3.63, 3.8) is 0 Å². The van der Waals surface area contributed by atoms with E-state index in [-0.39, 0.29) is 0 Å². The normalized spacial score (nSPS) is 7.92. The molecule has 0 rings (SSSR count). The highest BCUT2D eigenvalue weighted by Gasteiger charge is 2.02. The minimum Gasteiger partial charge on any atom is -0.550 e. The molecular weight excluding hydrogens is 332 g/mol. The van der Waals surface area contributed by atoms with E-state index in [2.05, 4.69) is 23.4 Å². The molecule has 0 saturated heterocycles. The Morgan fingerprint density at radius 2 is 0.667 bits per heavy atom. The van der Waals surface area contributed by atoms with Gasteiger partial charge in [0.25, 0.3) is 0 Å². The lowest BCUT2D eigenvalue weighted by Gasteiger charge is -2.01. The summed E-state index contributed by atoms with van der Waals surface area (Å²) in [6.45, 7) is 5.49. The smallest absolute Gasteiger partial charge is 0.124 e. The molecule has 0 atom stereocenters. The molecule has 0 aliphatic heterocycles. The Morgan fingerprint density at radius 3 is 0.708 bits per heavy atom. The molecule has 0 radical (unpaired) electrons. The third-order valence-corrected chi connectivity index (χ3v) is 0.732. The molecule has 14 nitrogen and oxygen atoms in total. The fourth-order valence-corrected chi connectivity index (χ4v) is 0.283. The van der Waals surface area contributed by atoms with Gasteiger partial charge in [-0.25, -0.2) is 23.4 Å². The van der Waals surface area contributed by atoms with Gasteiger partial charge in [-0.3, -0.25) is 0 Å². The summed E-state index contributed by atoms with van der Waals surface area (Å²) in [5, 5.41) is 38.8. The standard InChI is InChI=1S/C2H12N6.4C2H4O2/c3-7(4)1-2-8(5)6;4*1-2(3)4/h1-6H2;4*1H3,(H,3,4). The van der Waals surface area contributed by atoms with E-state index in [0.29, 0.717) is 0 Å². The molecule has 0 bridgehead atoms. The molecule has 24 heavy (non-hydrogen) atoms. The lowest BCUT2D eigenvalue weighted by Crippen LogP contribution is -2.93. The van der Waals surface area contributed by atoms with Crippen molar-refractivity contribution in [1.29, 1.82) is 0 Å². The van der Waals surface area contributed by atoms with E-state index in [4.69, 9.17) is 39.6 Å². The van der Waals surface area contributed by atoms with E-state index < -0.39 is 23.9 Å². The fraction of sp³-hybridized carbons (Fsp3) is 0.600. The number of carboxylic acid groups (broad SMARTS) is 4. The van der Waals surface area contributed by atoms with Gasteiger partial charge in [0, 0.05) is 23.9 Å². The molecule has 146 valence electrons. The molecule has 0 spiro atoms. The van der Waals surface area contributed by atoms with Gasteiger partial charge in [-0.2, -0.15) is 0 Å². The monoisotopic (exact) mass is 360 g/mol. The quantitative estimate of drug-likeness (QED) is 0.344. The van der Waals surface area contributed by atoms with E-state index in [1.165, 1.54) is 0 Å². The number of hydrogen-bond donors (Lipinski definition) is 4. The minimum atomic E-state index is -1.08. The Morgan fingerprint density at radius 1 is 0.583 bits per heavy atom. The molecule has 14 heteroatoms. The minimum absolute atomic E-state index is 0.799. The summed E-state index contributed by atoms with van der Waals surface area (Å²) in [4.78, 5) is 35.6. The first-order chi connectivity index (χ1) is 10.6. The molecule has 0 heterocycles. The number of nitrogens with zero attached hydrogens (tertiary/aromatic N) is 2. The molecule has 12 N–H and O–H groups in total. The molecular formula is C10H28N6O8. The van der Waals surface area contributed by atoms with E-state index >= 15 is 0 Å². The van der Waals surface area contributed by atoms with Gasteiger partial charge in [0.1, 0.15) is 13.1 Å². The number of aliphatic carboxylic acids is 4. The van der Waals surface area contributed by atoms with Crippen LogP contribution in [0.2, 0.25) is 0 Å². The lowest BCUT2D eigenvalue weighted by molar-refractivity contribution is -0.862.